The molecule has 1 nitrogen and oxygen atoms in total. The van der Waals surface area contributed by atoms with E-state index in [9.17, 15) is 8.78 Å². The molecule has 3 rings (SSSR count). The molecular weight excluding hydrogens is 324 g/mol. The van der Waals surface area contributed by atoms with Gasteiger partial charge in [0.2, 0.25) is 0 Å². The molecule has 0 aliphatic heterocycles. The standard InChI is InChI=1S/C16H14BrF2N/c17-13-7-8-14(18)15(16(13)19)11-3-1-10(2-4-11)9-20-12-5-6-12/h1-4,7-8,12,20H,5-6,9H2. The summed E-state index contributed by atoms with van der Waals surface area (Å²) in [6.45, 7) is 0.800. The second-order valence-corrected chi connectivity index (χ2v) is 5.92. The predicted octanol–water partition coefficient (Wildman–Crippen LogP) is 4.65. The molecule has 1 saturated carbocycles. The summed E-state index contributed by atoms with van der Waals surface area (Å²) >= 11 is 3.09. The van der Waals surface area contributed by atoms with E-state index < -0.39 is 11.6 Å². The van der Waals surface area contributed by atoms with Gasteiger partial charge in [-0.15, -0.1) is 0 Å². The number of benzene rings is 2. The smallest absolute Gasteiger partial charge is 0.148 e. The summed E-state index contributed by atoms with van der Waals surface area (Å²) in [6, 6.07) is 10.6. The van der Waals surface area contributed by atoms with Gasteiger partial charge < -0.3 is 5.32 Å². The highest BCUT2D eigenvalue weighted by Crippen LogP contribution is 2.30. The van der Waals surface area contributed by atoms with Gasteiger partial charge in [-0.25, -0.2) is 8.78 Å². The van der Waals surface area contributed by atoms with Crippen molar-refractivity contribution in [1.29, 1.82) is 0 Å². The highest BCUT2D eigenvalue weighted by Gasteiger charge is 2.20. The van der Waals surface area contributed by atoms with Gasteiger partial charge in [-0.1, -0.05) is 24.3 Å². The molecule has 1 aliphatic rings. The Labute approximate surface area is 125 Å². The number of halogens is 3. The molecular formula is C16H14BrF2N. The lowest BCUT2D eigenvalue weighted by molar-refractivity contribution is 0.585. The van der Waals surface area contributed by atoms with Gasteiger partial charge in [0.05, 0.1) is 10.0 Å². The molecule has 2 aromatic carbocycles. The van der Waals surface area contributed by atoms with Crippen LogP contribution in [-0.4, -0.2) is 6.04 Å². The van der Waals surface area contributed by atoms with Crippen LogP contribution < -0.4 is 5.32 Å². The van der Waals surface area contributed by atoms with Crippen LogP contribution in [0.5, 0.6) is 0 Å². The normalized spacial score (nSPS) is 14.6. The third-order valence-electron chi connectivity index (χ3n) is 3.46. The van der Waals surface area contributed by atoms with E-state index in [1.807, 2.05) is 12.1 Å². The fourth-order valence-electron chi connectivity index (χ4n) is 2.13. The molecule has 0 heterocycles. The van der Waals surface area contributed by atoms with E-state index in [-0.39, 0.29) is 10.0 Å². The Hall–Kier alpha value is -1.26. The molecule has 1 aliphatic carbocycles. The average molecular weight is 338 g/mol. The fourth-order valence-corrected chi connectivity index (χ4v) is 2.46. The van der Waals surface area contributed by atoms with Crippen LogP contribution in [0.1, 0.15) is 18.4 Å². The third kappa shape index (κ3) is 2.91. The Morgan fingerprint density at radius 1 is 1.05 bits per heavy atom. The second-order valence-electron chi connectivity index (χ2n) is 5.07. The van der Waals surface area contributed by atoms with Crippen LogP contribution in [0.2, 0.25) is 0 Å². The third-order valence-corrected chi connectivity index (χ3v) is 4.07. The zero-order valence-electron chi connectivity index (χ0n) is 10.8. The van der Waals surface area contributed by atoms with Crippen LogP contribution in [0.4, 0.5) is 8.78 Å². The van der Waals surface area contributed by atoms with Crippen LogP contribution in [0, 0.1) is 11.6 Å². The van der Waals surface area contributed by atoms with Crippen molar-refractivity contribution < 1.29 is 8.78 Å². The Morgan fingerprint density at radius 2 is 1.75 bits per heavy atom. The van der Waals surface area contributed by atoms with E-state index in [4.69, 9.17) is 0 Å². The van der Waals surface area contributed by atoms with Crippen molar-refractivity contribution in [3.05, 3.63) is 58.1 Å². The van der Waals surface area contributed by atoms with Gasteiger partial charge in [-0.05, 0) is 52.0 Å². The molecule has 0 saturated heterocycles. The molecule has 0 spiro atoms. The monoisotopic (exact) mass is 337 g/mol. The molecule has 0 aromatic heterocycles. The first-order chi connectivity index (χ1) is 9.65. The van der Waals surface area contributed by atoms with E-state index in [1.165, 1.54) is 25.0 Å². The topological polar surface area (TPSA) is 12.0 Å². The average Bonchev–Trinajstić information content (AvgIpc) is 3.27. The highest BCUT2D eigenvalue weighted by atomic mass is 79.9. The number of hydrogen-bond donors (Lipinski definition) is 1. The molecule has 0 radical (unpaired) electrons. The van der Waals surface area contributed by atoms with E-state index in [0.717, 1.165) is 12.1 Å². The number of nitrogens with one attached hydrogen (secondary N) is 1. The Bertz CT molecular complexity index is 621. The van der Waals surface area contributed by atoms with E-state index in [1.54, 1.807) is 12.1 Å². The first-order valence-corrected chi connectivity index (χ1v) is 7.40. The lowest BCUT2D eigenvalue weighted by atomic mass is 10.0. The highest BCUT2D eigenvalue weighted by molar-refractivity contribution is 9.10. The summed E-state index contributed by atoms with van der Waals surface area (Å²) in [5.41, 5.74) is 1.69. The van der Waals surface area contributed by atoms with Crippen molar-refractivity contribution in [3.63, 3.8) is 0 Å². The van der Waals surface area contributed by atoms with Gasteiger partial charge in [-0.3, -0.25) is 0 Å². The van der Waals surface area contributed by atoms with E-state index >= 15 is 0 Å². The minimum atomic E-state index is -0.561. The number of hydrogen-bond acceptors (Lipinski definition) is 1. The van der Waals surface area contributed by atoms with Crippen molar-refractivity contribution in [2.45, 2.75) is 25.4 Å². The Morgan fingerprint density at radius 3 is 2.40 bits per heavy atom. The first-order valence-electron chi connectivity index (χ1n) is 6.61. The van der Waals surface area contributed by atoms with Gasteiger partial charge in [0.1, 0.15) is 11.6 Å². The first kappa shape index (κ1) is 13.7. The Balaban J connectivity index is 1.85. The molecule has 1 N–H and O–H groups in total. The molecule has 4 heteroatoms. The molecule has 2 aromatic rings. The molecule has 0 atom stereocenters. The molecule has 20 heavy (non-hydrogen) atoms. The van der Waals surface area contributed by atoms with Crippen LogP contribution >= 0.6 is 15.9 Å². The van der Waals surface area contributed by atoms with Crippen LogP contribution in [0.3, 0.4) is 0 Å². The van der Waals surface area contributed by atoms with Crippen molar-refractivity contribution in [2.24, 2.45) is 0 Å². The molecule has 104 valence electrons. The maximum atomic E-state index is 14.0. The number of rotatable bonds is 4. The second kappa shape index (κ2) is 5.62. The zero-order chi connectivity index (χ0) is 14.1. The van der Waals surface area contributed by atoms with Gasteiger partial charge in [0, 0.05) is 12.6 Å². The van der Waals surface area contributed by atoms with Crippen molar-refractivity contribution in [3.8, 4) is 11.1 Å². The molecule has 0 unspecified atom stereocenters. The maximum absolute atomic E-state index is 14.0. The van der Waals surface area contributed by atoms with Gasteiger partial charge in [0.15, 0.2) is 0 Å². The predicted molar refractivity (Wildman–Crippen MR) is 79.4 cm³/mol. The van der Waals surface area contributed by atoms with Crippen LogP contribution in [-0.2, 0) is 6.54 Å². The van der Waals surface area contributed by atoms with Gasteiger partial charge in [0.25, 0.3) is 0 Å². The Kier molecular flexibility index (Phi) is 3.85. The van der Waals surface area contributed by atoms with Crippen LogP contribution in [0.25, 0.3) is 11.1 Å². The van der Waals surface area contributed by atoms with Crippen LogP contribution in [0.15, 0.2) is 40.9 Å². The minimum Gasteiger partial charge on any atom is -0.310 e. The zero-order valence-corrected chi connectivity index (χ0v) is 12.4. The summed E-state index contributed by atoms with van der Waals surface area (Å²) < 4.78 is 28.1. The molecule has 0 amide bonds. The lowest BCUT2D eigenvalue weighted by Crippen LogP contribution is -2.15. The lowest BCUT2D eigenvalue weighted by Gasteiger charge is -2.08. The molecule has 1 fully saturated rings. The summed E-state index contributed by atoms with van der Waals surface area (Å²) in [7, 11) is 0. The fraction of sp³-hybridized carbons (Fsp3) is 0.250. The van der Waals surface area contributed by atoms with E-state index in [2.05, 4.69) is 21.2 Å². The van der Waals surface area contributed by atoms with Gasteiger partial charge in [-0.2, -0.15) is 0 Å². The van der Waals surface area contributed by atoms with Gasteiger partial charge >= 0.3 is 0 Å². The summed E-state index contributed by atoms with van der Waals surface area (Å²) in [4.78, 5) is 0. The summed E-state index contributed by atoms with van der Waals surface area (Å²) in [5.74, 6) is -1.11. The van der Waals surface area contributed by atoms with Crippen molar-refractivity contribution >= 4 is 15.9 Å². The largest absolute Gasteiger partial charge is 0.310 e. The molecule has 0 bridgehead atoms. The van der Waals surface area contributed by atoms with Crippen molar-refractivity contribution in [1.82, 2.24) is 5.32 Å². The van der Waals surface area contributed by atoms with E-state index in [0.29, 0.717) is 11.6 Å². The minimum absolute atomic E-state index is 0.0149. The summed E-state index contributed by atoms with van der Waals surface area (Å²) in [6.07, 6.45) is 2.49. The summed E-state index contributed by atoms with van der Waals surface area (Å²) in [5, 5.41) is 3.41. The maximum Gasteiger partial charge on any atom is 0.148 e. The quantitative estimate of drug-likeness (QED) is 0.801. The van der Waals surface area contributed by atoms with Crippen molar-refractivity contribution in [2.75, 3.05) is 0 Å². The SMILES string of the molecule is Fc1ccc(Br)c(F)c1-c1ccc(CNC2CC2)cc1.